The SMILES string of the molecule is COC(=O)CCN(Cc1ccccc1)C(=O)c1cccc(NC(C)=O)c1. The molecule has 0 radical (unpaired) electrons. The number of amides is 2. The Hall–Kier alpha value is -3.15. The van der Waals surface area contributed by atoms with Crippen LogP contribution in [0.3, 0.4) is 0 Å². The number of carbonyl (C=O) groups excluding carboxylic acids is 3. The van der Waals surface area contributed by atoms with E-state index in [4.69, 9.17) is 0 Å². The summed E-state index contributed by atoms with van der Waals surface area (Å²) in [4.78, 5) is 37.3. The molecule has 26 heavy (non-hydrogen) atoms. The molecule has 0 spiro atoms. The lowest BCUT2D eigenvalue weighted by atomic mass is 10.1. The van der Waals surface area contributed by atoms with Crippen LogP contribution in [0.4, 0.5) is 5.69 Å². The maximum atomic E-state index is 12.9. The largest absolute Gasteiger partial charge is 0.469 e. The van der Waals surface area contributed by atoms with Gasteiger partial charge in [-0.2, -0.15) is 0 Å². The van der Waals surface area contributed by atoms with Crippen molar-refractivity contribution in [3.05, 3.63) is 65.7 Å². The van der Waals surface area contributed by atoms with Crippen molar-refractivity contribution in [3.8, 4) is 0 Å². The molecule has 0 bridgehead atoms. The number of ether oxygens (including phenoxy) is 1. The molecule has 0 aliphatic heterocycles. The van der Waals surface area contributed by atoms with E-state index in [1.807, 2.05) is 30.3 Å². The standard InChI is InChI=1S/C20H22N2O4/c1-15(23)21-18-10-6-9-17(13-18)20(25)22(12-11-19(24)26-2)14-16-7-4-3-5-8-16/h3-10,13H,11-12,14H2,1-2H3,(H,21,23). The highest BCUT2D eigenvalue weighted by atomic mass is 16.5. The van der Waals surface area contributed by atoms with Crippen LogP contribution < -0.4 is 5.32 Å². The summed E-state index contributed by atoms with van der Waals surface area (Å²) in [6, 6.07) is 16.3. The van der Waals surface area contributed by atoms with Crippen LogP contribution in [-0.4, -0.2) is 36.3 Å². The van der Waals surface area contributed by atoms with Gasteiger partial charge in [0.15, 0.2) is 0 Å². The van der Waals surface area contributed by atoms with Crippen molar-refractivity contribution in [2.75, 3.05) is 19.0 Å². The maximum absolute atomic E-state index is 12.9. The zero-order valence-corrected chi connectivity index (χ0v) is 14.9. The van der Waals surface area contributed by atoms with Crippen LogP contribution in [0.25, 0.3) is 0 Å². The average Bonchev–Trinajstić information content (AvgIpc) is 2.64. The van der Waals surface area contributed by atoms with Crippen LogP contribution in [-0.2, 0) is 20.9 Å². The fourth-order valence-electron chi connectivity index (χ4n) is 2.50. The van der Waals surface area contributed by atoms with Crippen molar-refractivity contribution in [2.24, 2.45) is 0 Å². The Balaban J connectivity index is 2.21. The molecule has 6 heteroatoms. The first kappa shape index (κ1) is 19.2. The molecule has 6 nitrogen and oxygen atoms in total. The molecule has 0 aliphatic rings. The van der Waals surface area contributed by atoms with Crippen LogP contribution in [0.2, 0.25) is 0 Å². The molecule has 0 heterocycles. The highest BCUT2D eigenvalue weighted by Gasteiger charge is 2.18. The van der Waals surface area contributed by atoms with Gasteiger partial charge in [0, 0.05) is 31.3 Å². The number of esters is 1. The minimum Gasteiger partial charge on any atom is -0.469 e. The van der Waals surface area contributed by atoms with E-state index in [9.17, 15) is 14.4 Å². The number of methoxy groups -OCH3 is 1. The molecule has 2 aromatic rings. The molecule has 2 aromatic carbocycles. The molecule has 2 amide bonds. The number of anilines is 1. The minimum atomic E-state index is -0.372. The summed E-state index contributed by atoms with van der Waals surface area (Å²) in [7, 11) is 1.32. The molecule has 0 unspecified atom stereocenters. The van der Waals surface area contributed by atoms with Crippen molar-refractivity contribution in [1.29, 1.82) is 0 Å². The fourth-order valence-corrected chi connectivity index (χ4v) is 2.50. The quantitative estimate of drug-likeness (QED) is 0.776. The van der Waals surface area contributed by atoms with E-state index in [0.717, 1.165) is 5.56 Å². The van der Waals surface area contributed by atoms with E-state index in [1.54, 1.807) is 29.2 Å². The van der Waals surface area contributed by atoms with Gasteiger partial charge >= 0.3 is 5.97 Å². The Bertz CT molecular complexity index is 774. The number of hydrogen-bond donors (Lipinski definition) is 1. The first-order valence-corrected chi connectivity index (χ1v) is 8.27. The summed E-state index contributed by atoms with van der Waals surface area (Å²) >= 11 is 0. The first-order valence-electron chi connectivity index (χ1n) is 8.27. The number of hydrogen-bond acceptors (Lipinski definition) is 4. The Morgan fingerprint density at radius 2 is 1.77 bits per heavy atom. The molecule has 0 aromatic heterocycles. The van der Waals surface area contributed by atoms with Gasteiger partial charge in [-0.25, -0.2) is 0 Å². The number of benzene rings is 2. The predicted octanol–water partition coefficient (Wildman–Crippen LogP) is 2.85. The number of rotatable bonds is 7. The lowest BCUT2D eigenvalue weighted by Gasteiger charge is -2.23. The van der Waals surface area contributed by atoms with Gasteiger partial charge in [0.1, 0.15) is 0 Å². The highest BCUT2D eigenvalue weighted by molar-refractivity contribution is 5.97. The third kappa shape index (κ3) is 5.73. The lowest BCUT2D eigenvalue weighted by molar-refractivity contribution is -0.140. The average molecular weight is 354 g/mol. The van der Waals surface area contributed by atoms with E-state index in [0.29, 0.717) is 17.8 Å². The van der Waals surface area contributed by atoms with Gasteiger partial charge in [-0.1, -0.05) is 36.4 Å². The Morgan fingerprint density at radius 3 is 2.42 bits per heavy atom. The van der Waals surface area contributed by atoms with Crippen LogP contribution >= 0.6 is 0 Å². The van der Waals surface area contributed by atoms with Crippen molar-refractivity contribution in [1.82, 2.24) is 4.90 Å². The topological polar surface area (TPSA) is 75.7 Å². The van der Waals surface area contributed by atoms with Crippen LogP contribution in [0.1, 0.15) is 29.3 Å². The van der Waals surface area contributed by atoms with Gasteiger partial charge in [0.2, 0.25) is 5.91 Å². The molecule has 0 atom stereocenters. The van der Waals surface area contributed by atoms with Gasteiger partial charge < -0.3 is 15.0 Å². The third-order valence-electron chi connectivity index (χ3n) is 3.75. The summed E-state index contributed by atoms with van der Waals surface area (Å²) < 4.78 is 4.67. The van der Waals surface area contributed by atoms with Crippen molar-refractivity contribution in [2.45, 2.75) is 19.9 Å². The Kier molecular flexibility index (Phi) is 6.91. The van der Waals surface area contributed by atoms with E-state index in [2.05, 4.69) is 10.1 Å². The first-order chi connectivity index (χ1) is 12.5. The second-order valence-electron chi connectivity index (χ2n) is 5.80. The summed E-state index contributed by atoms with van der Waals surface area (Å²) in [5.74, 6) is -0.797. The Morgan fingerprint density at radius 1 is 1.04 bits per heavy atom. The monoisotopic (exact) mass is 354 g/mol. The summed E-state index contributed by atoms with van der Waals surface area (Å²) in [6.45, 7) is 2.03. The van der Waals surface area contributed by atoms with Crippen molar-refractivity contribution in [3.63, 3.8) is 0 Å². The maximum Gasteiger partial charge on any atom is 0.307 e. The minimum absolute atomic E-state index is 0.112. The second kappa shape index (κ2) is 9.36. The van der Waals surface area contributed by atoms with E-state index in [1.165, 1.54) is 14.0 Å². The summed E-state index contributed by atoms with van der Waals surface area (Å²) in [6.07, 6.45) is 0.112. The second-order valence-corrected chi connectivity index (χ2v) is 5.80. The van der Waals surface area contributed by atoms with Crippen LogP contribution in [0.15, 0.2) is 54.6 Å². The third-order valence-corrected chi connectivity index (χ3v) is 3.75. The van der Waals surface area contributed by atoms with Crippen LogP contribution in [0.5, 0.6) is 0 Å². The number of nitrogens with one attached hydrogen (secondary N) is 1. The summed E-state index contributed by atoms with van der Waals surface area (Å²) in [5, 5.41) is 2.66. The zero-order valence-electron chi connectivity index (χ0n) is 14.9. The molecule has 2 rings (SSSR count). The molecule has 1 N–H and O–H groups in total. The molecule has 0 saturated heterocycles. The molecular weight excluding hydrogens is 332 g/mol. The van der Waals surface area contributed by atoms with Gasteiger partial charge in [-0.05, 0) is 23.8 Å². The number of nitrogens with zero attached hydrogens (tertiary/aromatic N) is 1. The van der Waals surface area contributed by atoms with Crippen molar-refractivity contribution >= 4 is 23.5 Å². The van der Waals surface area contributed by atoms with E-state index < -0.39 is 0 Å². The molecule has 0 saturated carbocycles. The molecule has 136 valence electrons. The highest BCUT2D eigenvalue weighted by Crippen LogP contribution is 2.15. The predicted molar refractivity (Wildman–Crippen MR) is 98.6 cm³/mol. The molecule has 0 aliphatic carbocycles. The number of carbonyl (C=O) groups is 3. The Labute approximate surface area is 152 Å². The zero-order chi connectivity index (χ0) is 18.9. The van der Waals surface area contributed by atoms with Crippen LogP contribution in [0, 0.1) is 0 Å². The summed E-state index contributed by atoms with van der Waals surface area (Å²) in [5.41, 5.74) is 1.96. The van der Waals surface area contributed by atoms with Gasteiger partial charge in [0.25, 0.3) is 5.91 Å². The van der Waals surface area contributed by atoms with Crippen molar-refractivity contribution < 1.29 is 19.1 Å². The molecular formula is C20H22N2O4. The smallest absolute Gasteiger partial charge is 0.307 e. The van der Waals surface area contributed by atoms with Gasteiger partial charge in [-0.3, -0.25) is 14.4 Å². The van der Waals surface area contributed by atoms with Gasteiger partial charge in [0.05, 0.1) is 13.5 Å². The molecule has 0 fully saturated rings. The fraction of sp³-hybridized carbons (Fsp3) is 0.250. The normalized spacial score (nSPS) is 10.1. The van der Waals surface area contributed by atoms with E-state index >= 15 is 0 Å². The lowest BCUT2D eigenvalue weighted by Crippen LogP contribution is -2.32. The van der Waals surface area contributed by atoms with Gasteiger partial charge in [-0.15, -0.1) is 0 Å². The van der Waals surface area contributed by atoms with E-state index in [-0.39, 0.29) is 30.7 Å².